The summed E-state index contributed by atoms with van der Waals surface area (Å²) in [7, 11) is 3.10. The summed E-state index contributed by atoms with van der Waals surface area (Å²) in [5.74, 6) is 0.562. The lowest BCUT2D eigenvalue weighted by Crippen LogP contribution is -2.38. The molecule has 8 nitrogen and oxygen atoms in total. The Balaban J connectivity index is 1.79. The molecule has 1 aromatic carbocycles. The summed E-state index contributed by atoms with van der Waals surface area (Å²) >= 11 is 0. The minimum absolute atomic E-state index is 0.346. The molecule has 0 atom stereocenters. The molecular formula is C19H20N6O2. The van der Waals surface area contributed by atoms with E-state index in [1.165, 1.54) is 11.6 Å². The Morgan fingerprint density at radius 2 is 1.85 bits per heavy atom. The van der Waals surface area contributed by atoms with Gasteiger partial charge >= 0.3 is 5.69 Å². The molecule has 0 saturated heterocycles. The summed E-state index contributed by atoms with van der Waals surface area (Å²) in [6.07, 6.45) is 4.01. The second-order valence-corrected chi connectivity index (χ2v) is 6.61. The smallest absolute Gasteiger partial charge is 0.297 e. The number of hydrazone groups is 1. The summed E-state index contributed by atoms with van der Waals surface area (Å²) in [4.78, 5) is 29.4. The standard InChI is InChI=1S/C19H20N6O2/c1-13-12-24-15-16(22(2)19(27)23(3)17(15)26)20-18(24)25(21-13)11-7-10-14-8-5-4-6-9-14/h4-10H,11-12H2,1-3H3. The van der Waals surface area contributed by atoms with Gasteiger partial charge in [0.25, 0.3) is 5.56 Å². The highest BCUT2D eigenvalue weighted by molar-refractivity contribution is 5.87. The van der Waals surface area contributed by atoms with Crippen LogP contribution in [0.15, 0.2) is 51.1 Å². The number of hydrogen-bond donors (Lipinski definition) is 0. The normalized spacial score (nSPS) is 14.0. The maximum Gasteiger partial charge on any atom is 0.332 e. The predicted molar refractivity (Wildman–Crippen MR) is 106 cm³/mol. The van der Waals surface area contributed by atoms with Gasteiger partial charge in [0.1, 0.15) is 0 Å². The minimum atomic E-state index is -0.392. The summed E-state index contributed by atoms with van der Waals surface area (Å²) in [5, 5.41) is 6.33. The van der Waals surface area contributed by atoms with Crippen LogP contribution in [-0.4, -0.2) is 30.9 Å². The van der Waals surface area contributed by atoms with Crippen LogP contribution in [0.2, 0.25) is 0 Å². The van der Waals surface area contributed by atoms with Gasteiger partial charge in [0.05, 0.1) is 18.8 Å². The fourth-order valence-corrected chi connectivity index (χ4v) is 3.27. The molecular weight excluding hydrogens is 344 g/mol. The zero-order valence-corrected chi connectivity index (χ0v) is 15.5. The van der Waals surface area contributed by atoms with E-state index >= 15 is 0 Å². The lowest BCUT2D eigenvalue weighted by molar-refractivity contribution is 0.702. The third-order valence-corrected chi connectivity index (χ3v) is 4.63. The van der Waals surface area contributed by atoms with Crippen molar-refractivity contribution in [2.45, 2.75) is 13.5 Å². The van der Waals surface area contributed by atoms with Crippen molar-refractivity contribution < 1.29 is 0 Å². The van der Waals surface area contributed by atoms with Crippen LogP contribution in [0.1, 0.15) is 12.5 Å². The minimum Gasteiger partial charge on any atom is -0.297 e. The zero-order chi connectivity index (χ0) is 19.1. The third kappa shape index (κ3) is 2.79. The van der Waals surface area contributed by atoms with E-state index in [1.54, 1.807) is 12.1 Å². The molecule has 0 spiro atoms. The number of benzene rings is 1. The first-order valence-electron chi connectivity index (χ1n) is 8.67. The van der Waals surface area contributed by atoms with Crippen LogP contribution in [0.3, 0.4) is 0 Å². The highest BCUT2D eigenvalue weighted by Gasteiger charge is 2.25. The number of aryl methyl sites for hydroxylation is 1. The van der Waals surface area contributed by atoms with Crippen molar-refractivity contribution in [2.24, 2.45) is 19.2 Å². The monoisotopic (exact) mass is 364 g/mol. The number of hydrogen-bond acceptors (Lipinski definition) is 5. The van der Waals surface area contributed by atoms with Gasteiger partial charge in [-0.2, -0.15) is 10.1 Å². The van der Waals surface area contributed by atoms with Gasteiger partial charge < -0.3 is 0 Å². The molecule has 27 heavy (non-hydrogen) atoms. The van der Waals surface area contributed by atoms with Crippen molar-refractivity contribution in [3.8, 4) is 0 Å². The fourth-order valence-electron chi connectivity index (χ4n) is 3.27. The molecule has 0 bridgehead atoms. The van der Waals surface area contributed by atoms with E-state index < -0.39 is 5.69 Å². The lowest BCUT2D eigenvalue weighted by Gasteiger charge is -2.23. The Morgan fingerprint density at radius 1 is 1.11 bits per heavy atom. The van der Waals surface area contributed by atoms with Crippen LogP contribution in [-0.2, 0) is 20.6 Å². The number of imidazole rings is 1. The van der Waals surface area contributed by atoms with Gasteiger partial charge in [0.15, 0.2) is 11.2 Å². The molecule has 0 fully saturated rings. The molecule has 138 valence electrons. The SMILES string of the molecule is CC1=NN(CC=Cc2ccccc2)c2nc3c(c(=O)n(C)c(=O)n3C)n2C1. The molecule has 3 heterocycles. The van der Waals surface area contributed by atoms with E-state index in [0.29, 0.717) is 30.2 Å². The highest BCUT2D eigenvalue weighted by Crippen LogP contribution is 2.23. The summed E-state index contributed by atoms with van der Waals surface area (Å²) in [5.41, 5.74) is 2.02. The number of fused-ring (bicyclic) bond motifs is 3. The second-order valence-electron chi connectivity index (χ2n) is 6.61. The first-order valence-corrected chi connectivity index (χ1v) is 8.67. The molecule has 0 unspecified atom stereocenters. The molecule has 0 aliphatic carbocycles. The topological polar surface area (TPSA) is 77.4 Å². The van der Waals surface area contributed by atoms with Gasteiger partial charge in [-0.25, -0.2) is 9.80 Å². The predicted octanol–water partition coefficient (Wildman–Crippen LogP) is 1.34. The quantitative estimate of drug-likeness (QED) is 0.703. The Kier molecular flexibility index (Phi) is 4.02. The van der Waals surface area contributed by atoms with E-state index in [9.17, 15) is 9.59 Å². The Labute approximate surface area is 155 Å². The Bertz CT molecular complexity index is 1200. The van der Waals surface area contributed by atoms with Crippen molar-refractivity contribution in [3.05, 3.63) is 62.8 Å². The van der Waals surface area contributed by atoms with Crippen molar-refractivity contribution in [1.82, 2.24) is 18.7 Å². The Hall–Kier alpha value is -3.42. The first kappa shape index (κ1) is 17.0. The van der Waals surface area contributed by atoms with Crippen LogP contribution in [0, 0.1) is 0 Å². The summed E-state index contributed by atoms with van der Waals surface area (Å²) < 4.78 is 4.34. The number of rotatable bonds is 3. The van der Waals surface area contributed by atoms with E-state index in [-0.39, 0.29) is 5.56 Å². The summed E-state index contributed by atoms with van der Waals surface area (Å²) in [6.45, 7) is 2.89. The average Bonchev–Trinajstić information content (AvgIpc) is 3.05. The molecule has 0 saturated carbocycles. The Morgan fingerprint density at radius 3 is 2.59 bits per heavy atom. The van der Waals surface area contributed by atoms with E-state index in [0.717, 1.165) is 15.8 Å². The van der Waals surface area contributed by atoms with Gasteiger partial charge in [-0.1, -0.05) is 42.5 Å². The molecule has 0 amide bonds. The molecule has 3 aromatic rings. The molecule has 1 aliphatic rings. The molecule has 0 radical (unpaired) electrons. The maximum atomic E-state index is 12.7. The van der Waals surface area contributed by atoms with Crippen LogP contribution < -0.4 is 16.3 Å². The lowest BCUT2D eigenvalue weighted by atomic mass is 10.2. The highest BCUT2D eigenvalue weighted by atomic mass is 16.2. The molecule has 2 aromatic heterocycles. The molecule has 1 aliphatic heterocycles. The van der Waals surface area contributed by atoms with Crippen molar-refractivity contribution >= 4 is 28.9 Å². The zero-order valence-electron chi connectivity index (χ0n) is 15.5. The van der Waals surface area contributed by atoms with Crippen molar-refractivity contribution in [1.29, 1.82) is 0 Å². The first-order chi connectivity index (χ1) is 13.0. The van der Waals surface area contributed by atoms with Gasteiger partial charge in [-0.05, 0) is 12.5 Å². The van der Waals surface area contributed by atoms with Crippen LogP contribution >= 0.6 is 0 Å². The fraction of sp³-hybridized carbons (Fsp3) is 0.263. The molecule has 8 heteroatoms. The van der Waals surface area contributed by atoms with E-state index in [2.05, 4.69) is 10.1 Å². The second kappa shape index (κ2) is 6.39. The van der Waals surface area contributed by atoms with Crippen molar-refractivity contribution in [2.75, 3.05) is 11.6 Å². The van der Waals surface area contributed by atoms with Crippen LogP contribution in [0.5, 0.6) is 0 Å². The van der Waals surface area contributed by atoms with Gasteiger partial charge in [0.2, 0.25) is 5.95 Å². The number of aromatic nitrogens is 4. The van der Waals surface area contributed by atoms with E-state index in [4.69, 9.17) is 0 Å². The van der Waals surface area contributed by atoms with Crippen LogP contribution in [0.25, 0.3) is 17.2 Å². The number of anilines is 1. The third-order valence-electron chi connectivity index (χ3n) is 4.63. The molecule has 4 rings (SSSR count). The van der Waals surface area contributed by atoms with Crippen LogP contribution in [0.4, 0.5) is 5.95 Å². The van der Waals surface area contributed by atoms with Gasteiger partial charge in [0, 0.05) is 14.1 Å². The van der Waals surface area contributed by atoms with E-state index in [1.807, 2.05) is 54.0 Å². The number of nitrogens with zero attached hydrogens (tertiary/aromatic N) is 6. The van der Waals surface area contributed by atoms with Gasteiger partial charge in [-0.15, -0.1) is 0 Å². The average molecular weight is 364 g/mol. The summed E-state index contributed by atoms with van der Waals surface area (Å²) in [6, 6.07) is 9.99. The largest absolute Gasteiger partial charge is 0.332 e. The van der Waals surface area contributed by atoms with Gasteiger partial charge in [-0.3, -0.25) is 18.5 Å². The van der Waals surface area contributed by atoms with Crippen molar-refractivity contribution in [3.63, 3.8) is 0 Å². The maximum absolute atomic E-state index is 12.7. The molecule has 0 N–H and O–H groups in total.